The van der Waals surface area contributed by atoms with Gasteiger partial charge >= 0.3 is 0 Å². The Balaban J connectivity index is 1.78. The summed E-state index contributed by atoms with van der Waals surface area (Å²) in [6, 6.07) is 13.1. The smallest absolute Gasteiger partial charge is 0.251 e. The Morgan fingerprint density at radius 3 is 2.76 bits per heavy atom. The second-order valence-electron chi connectivity index (χ2n) is 5.37. The first-order chi connectivity index (χ1) is 10.2. The van der Waals surface area contributed by atoms with Crippen molar-refractivity contribution < 1.29 is 9.59 Å². The molecule has 2 amide bonds. The highest BCUT2D eigenvalue weighted by atomic mass is 16.2. The van der Waals surface area contributed by atoms with Crippen molar-refractivity contribution in [3.63, 3.8) is 0 Å². The number of nitrogens with one attached hydrogen (secondary N) is 2. The van der Waals surface area contributed by atoms with E-state index in [4.69, 9.17) is 0 Å². The zero-order valence-electron chi connectivity index (χ0n) is 11.8. The van der Waals surface area contributed by atoms with E-state index in [1.54, 1.807) is 6.07 Å². The van der Waals surface area contributed by atoms with Gasteiger partial charge in [-0.05, 0) is 42.2 Å². The van der Waals surface area contributed by atoms with E-state index in [1.807, 2.05) is 36.4 Å². The van der Waals surface area contributed by atoms with Crippen LogP contribution in [0.3, 0.4) is 0 Å². The molecule has 1 atom stereocenters. The van der Waals surface area contributed by atoms with Crippen LogP contribution >= 0.6 is 0 Å². The highest BCUT2D eigenvalue weighted by Gasteiger charge is 2.22. The minimum Gasteiger partial charge on any atom is -0.354 e. The van der Waals surface area contributed by atoms with Gasteiger partial charge in [0.1, 0.15) is 6.04 Å². The number of hydrogen-bond donors (Lipinski definition) is 2. The summed E-state index contributed by atoms with van der Waals surface area (Å²) in [5.41, 5.74) is 0.589. The predicted octanol–water partition coefficient (Wildman–Crippen LogP) is 2.24. The fourth-order valence-corrected chi connectivity index (χ4v) is 2.65. The third-order valence-electron chi connectivity index (χ3n) is 3.85. The van der Waals surface area contributed by atoms with Crippen molar-refractivity contribution >= 4 is 22.6 Å². The standard InChI is InChI=1S/C17H18N2O2/c20-16(19-15-7-3-4-10-18-17(15)21)14-9-8-12-5-1-2-6-13(12)11-14/h1-2,5-6,8-9,11,15H,3-4,7,10H2,(H,18,21)(H,19,20)/t15-/m0/s1. The number of carbonyl (C=O) groups is 2. The molecule has 1 heterocycles. The monoisotopic (exact) mass is 282 g/mol. The number of carbonyl (C=O) groups excluding carboxylic acids is 2. The van der Waals surface area contributed by atoms with Gasteiger partial charge in [0.25, 0.3) is 5.91 Å². The average Bonchev–Trinajstić information content (AvgIpc) is 2.72. The van der Waals surface area contributed by atoms with Crippen LogP contribution in [0.15, 0.2) is 42.5 Å². The van der Waals surface area contributed by atoms with Crippen molar-refractivity contribution in [1.29, 1.82) is 0 Å². The molecule has 108 valence electrons. The van der Waals surface area contributed by atoms with Gasteiger partial charge in [-0.1, -0.05) is 30.3 Å². The van der Waals surface area contributed by atoms with Crippen molar-refractivity contribution in [2.75, 3.05) is 6.54 Å². The van der Waals surface area contributed by atoms with Crippen LogP contribution in [-0.2, 0) is 4.79 Å². The molecule has 0 radical (unpaired) electrons. The maximum Gasteiger partial charge on any atom is 0.251 e. The molecule has 4 nitrogen and oxygen atoms in total. The van der Waals surface area contributed by atoms with Gasteiger partial charge in [-0.2, -0.15) is 0 Å². The summed E-state index contributed by atoms with van der Waals surface area (Å²) in [7, 11) is 0. The van der Waals surface area contributed by atoms with Gasteiger partial charge in [-0.3, -0.25) is 9.59 Å². The van der Waals surface area contributed by atoms with Crippen LogP contribution < -0.4 is 10.6 Å². The van der Waals surface area contributed by atoms with Gasteiger partial charge in [0.15, 0.2) is 0 Å². The third kappa shape index (κ3) is 3.05. The lowest BCUT2D eigenvalue weighted by Crippen LogP contribution is -2.45. The summed E-state index contributed by atoms with van der Waals surface area (Å²) >= 11 is 0. The Hall–Kier alpha value is -2.36. The number of rotatable bonds is 2. The molecule has 3 rings (SSSR count). The zero-order chi connectivity index (χ0) is 14.7. The molecule has 4 heteroatoms. The zero-order valence-corrected chi connectivity index (χ0v) is 11.8. The molecule has 0 saturated carbocycles. The molecule has 2 N–H and O–H groups in total. The number of benzene rings is 2. The van der Waals surface area contributed by atoms with E-state index >= 15 is 0 Å². The van der Waals surface area contributed by atoms with Crippen LogP contribution in [0.5, 0.6) is 0 Å². The molecule has 0 aromatic heterocycles. The van der Waals surface area contributed by atoms with E-state index in [2.05, 4.69) is 10.6 Å². The van der Waals surface area contributed by atoms with Gasteiger partial charge in [0, 0.05) is 12.1 Å². The van der Waals surface area contributed by atoms with Gasteiger partial charge < -0.3 is 10.6 Å². The molecule has 0 bridgehead atoms. The van der Waals surface area contributed by atoms with Crippen LogP contribution in [0, 0.1) is 0 Å². The van der Waals surface area contributed by atoms with Gasteiger partial charge in [0.05, 0.1) is 0 Å². The third-order valence-corrected chi connectivity index (χ3v) is 3.85. The Morgan fingerprint density at radius 2 is 1.90 bits per heavy atom. The van der Waals surface area contributed by atoms with Crippen LogP contribution in [0.1, 0.15) is 29.6 Å². The summed E-state index contributed by atoms with van der Waals surface area (Å²) < 4.78 is 0. The van der Waals surface area contributed by atoms with Crippen molar-refractivity contribution in [2.24, 2.45) is 0 Å². The first kappa shape index (κ1) is 13.6. The summed E-state index contributed by atoms with van der Waals surface area (Å²) in [4.78, 5) is 24.2. The lowest BCUT2D eigenvalue weighted by Gasteiger charge is -2.15. The van der Waals surface area contributed by atoms with E-state index in [0.29, 0.717) is 18.5 Å². The van der Waals surface area contributed by atoms with E-state index in [9.17, 15) is 9.59 Å². The number of hydrogen-bond acceptors (Lipinski definition) is 2. The summed E-state index contributed by atoms with van der Waals surface area (Å²) in [5, 5.41) is 7.79. The summed E-state index contributed by atoms with van der Waals surface area (Å²) in [6.45, 7) is 0.696. The molecule has 0 spiro atoms. The minimum atomic E-state index is -0.425. The summed E-state index contributed by atoms with van der Waals surface area (Å²) in [6.07, 6.45) is 2.61. The van der Waals surface area contributed by atoms with E-state index < -0.39 is 6.04 Å². The number of fused-ring (bicyclic) bond motifs is 1. The topological polar surface area (TPSA) is 58.2 Å². The maximum absolute atomic E-state index is 12.3. The van der Waals surface area contributed by atoms with Gasteiger partial charge in [0.2, 0.25) is 5.91 Å². The molecule has 2 aromatic carbocycles. The van der Waals surface area contributed by atoms with Gasteiger partial charge in [-0.25, -0.2) is 0 Å². The van der Waals surface area contributed by atoms with Crippen LogP contribution in [0.4, 0.5) is 0 Å². The van der Waals surface area contributed by atoms with Crippen LogP contribution in [0.25, 0.3) is 10.8 Å². The summed E-state index contributed by atoms with van der Waals surface area (Å²) in [5.74, 6) is -0.274. The molecule has 1 saturated heterocycles. The number of amides is 2. The van der Waals surface area contributed by atoms with E-state index in [-0.39, 0.29) is 11.8 Å². The fraction of sp³-hybridized carbons (Fsp3) is 0.294. The SMILES string of the molecule is O=C(N[C@H]1CCCCNC1=O)c1ccc2ccccc2c1. The van der Waals surface area contributed by atoms with Crippen molar-refractivity contribution in [1.82, 2.24) is 10.6 Å². The fourth-order valence-electron chi connectivity index (χ4n) is 2.65. The Labute approximate surface area is 123 Å². The largest absolute Gasteiger partial charge is 0.354 e. The van der Waals surface area contributed by atoms with Crippen LogP contribution in [-0.4, -0.2) is 24.4 Å². The maximum atomic E-state index is 12.3. The normalized spacial score (nSPS) is 18.9. The van der Waals surface area contributed by atoms with Crippen molar-refractivity contribution in [3.8, 4) is 0 Å². The Morgan fingerprint density at radius 1 is 1.10 bits per heavy atom. The minimum absolute atomic E-state index is 0.0818. The average molecular weight is 282 g/mol. The van der Waals surface area contributed by atoms with Crippen LogP contribution in [0.2, 0.25) is 0 Å². The lowest BCUT2D eigenvalue weighted by molar-refractivity contribution is -0.122. The van der Waals surface area contributed by atoms with Gasteiger partial charge in [-0.15, -0.1) is 0 Å². The molecule has 1 fully saturated rings. The molecule has 0 aliphatic carbocycles. The van der Waals surface area contributed by atoms with Crippen molar-refractivity contribution in [3.05, 3.63) is 48.0 Å². The highest BCUT2D eigenvalue weighted by Crippen LogP contribution is 2.16. The Kier molecular flexibility index (Phi) is 3.86. The first-order valence-electron chi connectivity index (χ1n) is 7.31. The molecular formula is C17H18N2O2. The highest BCUT2D eigenvalue weighted by molar-refractivity contribution is 6.00. The molecule has 0 unspecified atom stereocenters. The Bertz CT molecular complexity index is 681. The molecule has 21 heavy (non-hydrogen) atoms. The first-order valence-corrected chi connectivity index (χ1v) is 7.31. The quantitative estimate of drug-likeness (QED) is 0.887. The van der Waals surface area contributed by atoms with E-state index in [1.165, 1.54) is 0 Å². The second kappa shape index (κ2) is 5.95. The van der Waals surface area contributed by atoms with E-state index in [0.717, 1.165) is 23.6 Å². The predicted molar refractivity (Wildman–Crippen MR) is 82.1 cm³/mol. The lowest BCUT2D eigenvalue weighted by atomic mass is 10.1. The molecular weight excluding hydrogens is 264 g/mol. The second-order valence-corrected chi connectivity index (χ2v) is 5.37. The molecule has 1 aliphatic heterocycles. The van der Waals surface area contributed by atoms with Crippen molar-refractivity contribution in [2.45, 2.75) is 25.3 Å². The molecule has 1 aliphatic rings. The molecule has 2 aromatic rings.